The zero-order valence-electron chi connectivity index (χ0n) is 11.9. The molecule has 1 N–H and O–H groups in total. The second-order valence-corrected chi connectivity index (χ2v) is 5.15. The van der Waals surface area contributed by atoms with Crippen molar-refractivity contribution in [2.45, 2.75) is 32.0 Å². The van der Waals surface area contributed by atoms with Crippen LogP contribution in [0, 0.1) is 6.92 Å². The van der Waals surface area contributed by atoms with Crippen molar-refractivity contribution in [1.29, 1.82) is 0 Å². The fraction of sp³-hybridized carbons (Fsp3) is 0.615. The van der Waals surface area contributed by atoms with Crippen LogP contribution < -0.4 is 0 Å². The van der Waals surface area contributed by atoms with Gasteiger partial charge in [-0.1, -0.05) is 0 Å². The van der Waals surface area contributed by atoms with Crippen LogP contribution in [0.1, 0.15) is 24.1 Å². The Morgan fingerprint density at radius 2 is 2.35 bits per heavy atom. The average molecular weight is 276 g/mol. The summed E-state index contributed by atoms with van der Waals surface area (Å²) < 4.78 is 7.45. The Morgan fingerprint density at radius 1 is 1.45 bits per heavy atom. The molecule has 0 spiro atoms. The van der Waals surface area contributed by atoms with E-state index >= 15 is 0 Å². The summed E-state index contributed by atoms with van der Waals surface area (Å²) in [6.45, 7) is 4.62. The largest absolute Gasteiger partial charge is 0.380 e. The van der Waals surface area contributed by atoms with E-state index in [2.05, 4.69) is 25.2 Å². The molecular formula is C13H20N6O. The molecule has 1 aliphatic heterocycles. The van der Waals surface area contributed by atoms with Crippen LogP contribution in [-0.4, -0.2) is 56.2 Å². The van der Waals surface area contributed by atoms with Crippen molar-refractivity contribution in [2.75, 3.05) is 20.2 Å². The second kappa shape index (κ2) is 5.72. The van der Waals surface area contributed by atoms with Crippen LogP contribution in [0.3, 0.4) is 0 Å². The van der Waals surface area contributed by atoms with E-state index in [9.17, 15) is 0 Å². The molecule has 0 bridgehead atoms. The number of ether oxygens (including phenoxy) is 1. The van der Waals surface area contributed by atoms with Gasteiger partial charge in [-0.05, 0) is 19.4 Å². The van der Waals surface area contributed by atoms with Crippen LogP contribution >= 0.6 is 0 Å². The number of nitrogens with zero attached hydrogens (tertiary/aromatic N) is 5. The Balaban J connectivity index is 1.69. The molecule has 1 aliphatic rings. The minimum atomic E-state index is 0.223. The third-order valence-electron chi connectivity index (χ3n) is 3.79. The molecule has 0 unspecified atom stereocenters. The smallest absolute Gasteiger partial charge is 0.167 e. The van der Waals surface area contributed by atoms with E-state index in [1.807, 2.05) is 23.9 Å². The van der Waals surface area contributed by atoms with Gasteiger partial charge in [-0.15, -0.1) is 0 Å². The van der Waals surface area contributed by atoms with E-state index in [0.717, 1.165) is 37.7 Å². The minimum absolute atomic E-state index is 0.223. The summed E-state index contributed by atoms with van der Waals surface area (Å²) in [6.07, 6.45) is 4.97. The van der Waals surface area contributed by atoms with E-state index in [4.69, 9.17) is 4.74 Å². The summed E-state index contributed by atoms with van der Waals surface area (Å²) in [5, 5.41) is 11.5. The van der Waals surface area contributed by atoms with E-state index in [0.29, 0.717) is 0 Å². The molecule has 3 rings (SSSR count). The Labute approximate surface area is 117 Å². The van der Waals surface area contributed by atoms with Gasteiger partial charge in [0.1, 0.15) is 5.82 Å². The quantitative estimate of drug-likeness (QED) is 0.873. The molecule has 0 amide bonds. The first kappa shape index (κ1) is 13.3. The SMILES string of the molecule is CO[C@@H]1C[C@@H](c2n[nH]c(C)n2)N(CCn2cccn2)C1. The molecular weight excluding hydrogens is 256 g/mol. The highest BCUT2D eigenvalue weighted by Crippen LogP contribution is 2.31. The Hall–Kier alpha value is -1.73. The lowest BCUT2D eigenvalue weighted by Crippen LogP contribution is -2.29. The van der Waals surface area contributed by atoms with Crippen molar-refractivity contribution < 1.29 is 4.74 Å². The van der Waals surface area contributed by atoms with E-state index < -0.39 is 0 Å². The second-order valence-electron chi connectivity index (χ2n) is 5.15. The Bertz CT molecular complexity index is 537. The molecule has 108 valence electrons. The number of nitrogens with one attached hydrogen (secondary N) is 1. The molecule has 20 heavy (non-hydrogen) atoms. The molecule has 7 nitrogen and oxygen atoms in total. The van der Waals surface area contributed by atoms with Crippen LogP contribution in [-0.2, 0) is 11.3 Å². The summed E-state index contributed by atoms with van der Waals surface area (Å²) in [7, 11) is 1.77. The first-order chi connectivity index (χ1) is 9.76. The lowest BCUT2D eigenvalue weighted by molar-refractivity contribution is 0.107. The maximum absolute atomic E-state index is 5.51. The van der Waals surface area contributed by atoms with Gasteiger partial charge in [0.15, 0.2) is 5.82 Å². The lowest BCUT2D eigenvalue weighted by Gasteiger charge is -2.21. The number of hydrogen-bond acceptors (Lipinski definition) is 5. The van der Waals surface area contributed by atoms with Crippen molar-refractivity contribution in [3.63, 3.8) is 0 Å². The molecule has 0 saturated carbocycles. The third kappa shape index (κ3) is 2.73. The van der Waals surface area contributed by atoms with E-state index in [-0.39, 0.29) is 12.1 Å². The monoisotopic (exact) mass is 276 g/mol. The predicted octanol–water partition coefficient (Wildman–Crippen LogP) is 0.772. The summed E-state index contributed by atoms with van der Waals surface area (Å²) in [5.74, 6) is 1.72. The summed E-state index contributed by atoms with van der Waals surface area (Å²) >= 11 is 0. The van der Waals surface area contributed by atoms with E-state index in [1.165, 1.54) is 0 Å². The number of aromatic nitrogens is 5. The van der Waals surface area contributed by atoms with Crippen LogP contribution in [0.2, 0.25) is 0 Å². The summed E-state index contributed by atoms with van der Waals surface area (Å²) in [6, 6.07) is 2.17. The number of aryl methyl sites for hydroxylation is 1. The van der Waals surface area contributed by atoms with Gasteiger partial charge < -0.3 is 4.74 Å². The first-order valence-corrected chi connectivity index (χ1v) is 6.89. The topological polar surface area (TPSA) is 71.9 Å². The standard InChI is InChI=1S/C13H20N6O/c1-10-15-13(17-16-10)12-8-11(20-2)9-18(12)6-7-19-5-3-4-14-19/h3-5,11-12H,6-9H2,1-2H3,(H,15,16,17)/t11-,12+/m1/s1. The molecule has 1 saturated heterocycles. The molecule has 0 aromatic carbocycles. The maximum Gasteiger partial charge on any atom is 0.167 e. The van der Waals surface area contributed by atoms with Crippen molar-refractivity contribution in [1.82, 2.24) is 29.9 Å². The zero-order chi connectivity index (χ0) is 13.9. The number of aromatic amines is 1. The third-order valence-corrected chi connectivity index (χ3v) is 3.79. The molecule has 7 heteroatoms. The van der Waals surface area contributed by atoms with Crippen molar-refractivity contribution in [3.05, 3.63) is 30.1 Å². The molecule has 3 heterocycles. The van der Waals surface area contributed by atoms with Gasteiger partial charge in [-0.25, -0.2) is 4.98 Å². The average Bonchev–Trinajstić information content (AvgIpc) is 3.16. The van der Waals surface area contributed by atoms with Gasteiger partial charge in [0.25, 0.3) is 0 Å². The van der Waals surface area contributed by atoms with Crippen LogP contribution in [0.5, 0.6) is 0 Å². The number of rotatable bonds is 5. The molecule has 0 aliphatic carbocycles. The number of likely N-dealkylation sites (tertiary alicyclic amines) is 1. The van der Waals surface area contributed by atoms with Crippen LogP contribution in [0.15, 0.2) is 18.5 Å². The van der Waals surface area contributed by atoms with E-state index in [1.54, 1.807) is 13.3 Å². The molecule has 1 fully saturated rings. The van der Waals surface area contributed by atoms with Crippen molar-refractivity contribution in [2.24, 2.45) is 0 Å². The number of hydrogen-bond donors (Lipinski definition) is 1. The number of methoxy groups -OCH3 is 1. The summed E-state index contributed by atoms with van der Waals surface area (Å²) in [4.78, 5) is 6.84. The fourth-order valence-corrected chi connectivity index (χ4v) is 2.72. The normalized spacial score (nSPS) is 23.5. The highest BCUT2D eigenvalue weighted by Gasteiger charge is 2.35. The van der Waals surface area contributed by atoms with Crippen LogP contribution in [0.4, 0.5) is 0 Å². The maximum atomic E-state index is 5.51. The lowest BCUT2D eigenvalue weighted by atomic mass is 10.2. The number of H-pyrrole nitrogens is 1. The van der Waals surface area contributed by atoms with Crippen molar-refractivity contribution in [3.8, 4) is 0 Å². The van der Waals surface area contributed by atoms with Gasteiger partial charge in [-0.3, -0.25) is 14.7 Å². The minimum Gasteiger partial charge on any atom is -0.380 e. The van der Waals surface area contributed by atoms with Gasteiger partial charge in [0, 0.05) is 32.6 Å². The first-order valence-electron chi connectivity index (χ1n) is 6.89. The van der Waals surface area contributed by atoms with Gasteiger partial charge in [0.05, 0.1) is 18.7 Å². The van der Waals surface area contributed by atoms with Gasteiger partial charge in [-0.2, -0.15) is 10.2 Å². The Morgan fingerprint density at radius 3 is 3.00 bits per heavy atom. The highest BCUT2D eigenvalue weighted by molar-refractivity contribution is 5.01. The molecule has 2 atom stereocenters. The zero-order valence-corrected chi connectivity index (χ0v) is 11.9. The van der Waals surface area contributed by atoms with Gasteiger partial charge in [0.2, 0.25) is 0 Å². The highest BCUT2D eigenvalue weighted by atomic mass is 16.5. The summed E-state index contributed by atoms with van der Waals surface area (Å²) in [5.41, 5.74) is 0. The predicted molar refractivity (Wildman–Crippen MR) is 73.1 cm³/mol. The fourth-order valence-electron chi connectivity index (χ4n) is 2.72. The molecule has 2 aromatic heterocycles. The van der Waals surface area contributed by atoms with Crippen LogP contribution in [0.25, 0.3) is 0 Å². The van der Waals surface area contributed by atoms with Crippen molar-refractivity contribution >= 4 is 0 Å². The Kier molecular flexibility index (Phi) is 3.79. The molecule has 0 radical (unpaired) electrons. The van der Waals surface area contributed by atoms with Gasteiger partial charge >= 0.3 is 0 Å². The molecule has 2 aromatic rings.